The molecule has 19 heavy (non-hydrogen) atoms. The minimum atomic E-state index is 0.236. The molecule has 0 aliphatic carbocycles. The van der Waals surface area contributed by atoms with Crippen LogP contribution in [-0.2, 0) is 0 Å². The molecule has 0 amide bonds. The van der Waals surface area contributed by atoms with E-state index in [9.17, 15) is 0 Å². The number of nitrogens with zero attached hydrogens (tertiary/aromatic N) is 1. The van der Waals surface area contributed by atoms with Crippen LogP contribution in [0.15, 0.2) is 24.3 Å². The van der Waals surface area contributed by atoms with Gasteiger partial charge in [0.2, 0.25) is 0 Å². The van der Waals surface area contributed by atoms with Crippen molar-refractivity contribution in [1.82, 2.24) is 4.90 Å². The fourth-order valence-corrected chi connectivity index (χ4v) is 2.21. The van der Waals surface area contributed by atoms with Crippen LogP contribution in [0.4, 0.5) is 0 Å². The van der Waals surface area contributed by atoms with E-state index in [2.05, 4.69) is 37.9 Å². The molecule has 0 aliphatic rings. The quantitative estimate of drug-likeness (QED) is 0.744. The number of unbranched alkanes of at least 4 members (excludes halogenated alkanes) is 1. The standard InChI is InChI=1S/C16H28N2O/c1-4-6-11-18(3)15(13-17)14-9-7-8-10-16(14)19-12-5-2/h7-10,15H,4-6,11-13,17H2,1-3H3. The third-order valence-corrected chi connectivity index (χ3v) is 3.36. The van der Waals surface area contributed by atoms with E-state index in [-0.39, 0.29) is 6.04 Å². The van der Waals surface area contributed by atoms with Crippen molar-refractivity contribution in [1.29, 1.82) is 0 Å². The molecule has 2 N–H and O–H groups in total. The first-order valence-electron chi connectivity index (χ1n) is 7.36. The second-order valence-electron chi connectivity index (χ2n) is 4.97. The normalized spacial score (nSPS) is 12.7. The Kier molecular flexibility index (Phi) is 7.53. The third kappa shape index (κ3) is 4.84. The Hall–Kier alpha value is -1.06. The minimum Gasteiger partial charge on any atom is -0.493 e. The molecule has 1 atom stereocenters. The van der Waals surface area contributed by atoms with Crippen LogP contribution in [0.2, 0.25) is 0 Å². The number of para-hydroxylation sites is 1. The van der Waals surface area contributed by atoms with Crippen molar-refractivity contribution >= 4 is 0 Å². The maximum Gasteiger partial charge on any atom is 0.124 e. The van der Waals surface area contributed by atoms with Crippen LogP contribution in [0, 0.1) is 0 Å². The van der Waals surface area contributed by atoms with Crippen LogP contribution in [0.5, 0.6) is 5.75 Å². The SMILES string of the molecule is CCCCN(C)C(CN)c1ccccc1OCCC. The molecule has 0 saturated carbocycles. The molecule has 0 aliphatic heterocycles. The minimum absolute atomic E-state index is 0.236. The Bertz CT molecular complexity index is 354. The van der Waals surface area contributed by atoms with Gasteiger partial charge in [-0.25, -0.2) is 0 Å². The average Bonchev–Trinajstić information content (AvgIpc) is 2.44. The summed E-state index contributed by atoms with van der Waals surface area (Å²) in [4.78, 5) is 2.33. The second-order valence-corrected chi connectivity index (χ2v) is 4.97. The molecular weight excluding hydrogens is 236 g/mol. The van der Waals surface area contributed by atoms with Gasteiger partial charge in [0.05, 0.1) is 12.6 Å². The number of likely N-dealkylation sites (N-methyl/N-ethyl adjacent to an activating group) is 1. The lowest BCUT2D eigenvalue weighted by atomic mass is 10.0. The highest BCUT2D eigenvalue weighted by Crippen LogP contribution is 2.28. The topological polar surface area (TPSA) is 38.5 Å². The lowest BCUT2D eigenvalue weighted by Crippen LogP contribution is -2.31. The molecule has 1 unspecified atom stereocenters. The first-order chi connectivity index (χ1) is 9.24. The van der Waals surface area contributed by atoms with Crippen molar-refractivity contribution in [3.8, 4) is 5.75 Å². The van der Waals surface area contributed by atoms with E-state index < -0.39 is 0 Å². The molecule has 0 saturated heterocycles. The number of nitrogens with two attached hydrogens (primary N) is 1. The molecule has 0 aromatic heterocycles. The van der Waals surface area contributed by atoms with Gasteiger partial charge in [-0.05, 0) is 32.5 Å². The predicted molar refractivity (Wildman–Crippen MR) is 81.6 cm³/mol. The Morgan fingerprint density at radius 2 is 1.95 bits per heavy atom. The summed E-state index contributed by atoms with van der Waals surface area (Å²) in [6.07, 6.45) is 3.42. The number of rotatable bonds is 9. The smallest absolute Gasteiger partial charge is 0.124 e. The largest absolute Gasteiger partial charge is 0.493 e. The predicted octanol–water partition coefficient (Wildman–Crippen LogP) is 3.21. The summed E-state index contributed by atoms with van der Waals surface area (Å²) >= 11 is 0. The Morgan fingerprint density at radius 3 is 2.58 bits per heavy atom. The molecule has 1 aromatic carbocycles. The van der Waals surface area contributed by atoms with Crippen molar-refractivity contribution in [2.45, 2.75) is 39.2 Å². The van der Waals surface area contributed by atoms with Crippen molar-refractivity contribution in [3.05, 3.63) is 29.8 Å². The molecule has 1 rings (SSSR count). The first kappa shape index (κ1) is 16.0. The van der Waals surface area contributed by atoms with Crippen LogP contribution in [0.1, 0.15) is 44.7 Å². The van der Waals surface area contributed by atoms with Crippen LogP contribution in [0.3, 0.4) is 0 Å². The number of hydrogen-bond acceptors (Lipinski definition) is 3. The summed E-state index contributed by atoms with van der Waals surface area (Å²) in [5.74, 6) is 0.975. The monoisotopic (exact) mass is 264 g/mol. The molecule has 0 spiro atoms. The summed E-state index contributed by atoms with van der Waals surface area (Å²) in [6, 6.07) is 8.49. The van der Waals surface area contributed by atoms with Crippen LogP contribution < -0.4 is 10.5 Å². The van der Waals surface area contributed by atoms with E-state index in [4.69, 9.17) is 10.5 Å². The highest BCUT2D eigenvalue weighted by molar-refractivity contribution is 5.36. The molecule has 1 aromatic rings. The highest BCUT2D eigenvalue weighted by Gasteiger charge is 2.18. The summed E-state index contributed by atoms with van der Waals surface area (Å²) in [5, 5.41) is 0. The molecule has 108 valence electrons. The van der Waals surface area contributed by atoms with Gasteiger partial charge in [-0.15, -0.1) is 0 Å². The summed E-state index contributed by atoms with van der Waals surface area (Å²) in [7, 11) is 2.14. The number of hydrogen-bond donors (Lipinski definition) is 1. The van der Waals surface area contributed by atoms with E-state index >= 15 is 0 Å². The molecule has 3 nitrogen and oxygen atoms in total. The number of benzene rings is 1. The zero-order valence-corrected chi connectivity index (χ0v) is 12.6. The average molecular weight is 264 g/mol. The van der Waals surface area contributed by atoms with Gasteiger partial charge in [0.25, 0.3) is 0 Å². The summed E-state index contributed by atoms with van der Waals surface area (Å²) in [5.41, 5.74) is 7.18. The zero-order valence-electron chi connectivity index (χ0n) is 12.6. The van der Waals surface area contributed by atoms with E-state index in [0.717, 1.165) is 25.3 Å². The third-order valence-electron chi connectivity index (χ3n) is 3.36. The van der Waals surface area contributed by atoms with E-state index in [1.54, 1.807) is 0 Å². The van der Waals surface area contributed by atoms with Crippen molar-refractivity contribution in [3.63, 3.8) is 0 Å². The number of ether oxygens (including phenoxy) is 1. The Balaban J connectivity index is 2.84. The lowest BCUT2D eigenvalue weighted by molar-refractivity contribution is 0.235. The van der Waals surface area contributed by atoms with Gasteiger partial charge in [0, 0.05) is 12.1 Å². The van der Waals surface area contributed by atoms with Gasteiger partial charge in [-0.1, -0.05) is 38.5 Å². The van der Waals surface area contributed by atoms with E-state index in [0.29, 0.717) is 6.54 Å². The molecule has 0 heterocycles. The Morgan fingerprint density at radius 1 is 1.21 bits per heavy atom. The van der Waals surface area contributed by atoms with Gasteiger partial charge in [0.15, 0.2) is 0 Å². The fourth-order valence-electron chi connectivity index (χ4n) is 2.21. The van der Waals surface area contributed by atoms with Crippen molar-refractivity contribution in [2.75, 3.05) is 26.7 Å². The van der Waals surface area contributed by atoms with Crippen LogP contribution in [-0.4, -0.2) is 31.6 Å². The van der Waals surface area contributed by atoms with Crippen molar-refractivity contribution < 1.29 is 4.74 Å². The maximum absolute atomic E-state index is 5.98. The van der Waals surface area contributed by atoms with Gasteiger partial charge in [-0.2, -0.15) is 0 Å². The van der Waals surface area contributed by atoms with Gasteiger partial charge in [0.1, 0.15) is 5.75 Å². The first-order valence-corrected chi connectivity index (χ1v) is 7.36. The summed E-state index contributed by atoms with van der Waals surface area (Å²) < 4.78 is 5.84. The van der Waals surface area contributed by atoms with Crippen molar-refractivity contribution in [2.24, 2.45) is 5.73 Å². The van der Waals surface area contributed by atoms with Gasteiger partial charge < -0.3 is 10.5 Å². The summed E-state index contributed by atoms with van der Waals surface area (Å²) in [6.45, 7) is 6.78. The molecular formula is C16H28N2O. The second kappa shape index (κ2) is 8.94. The maximum atomic E-state index is 5.98. The zero-order chi connectivity index (χ0) is 14.1. The van der Waals surface area contributed by atoms with E-state index in [1.807, 2.05) is 12.1 Å². The molecule has 3 heteroatoms. The molecule has 0 radical (unpaired) electrons. The highest BCUT2D eigenvalue weighted by atomic mass is 16.5. The molecule has 0 bridgehead atoms. The lowest BCUT2D eigenvalue weighted by Gasteiger charge is -2.28. The van der Waals surface area contributed by atoms with Gasteiger partial charge in [-0.3, -0.25) is 4.90 Å². The van der Waals surface area contributed by atoms with Crippen LogP contribution in [0.25, 0.3) is 0 Å². The van der Waals surface area contributed by atoms with Crippen LogP contribution >= 0.6 is 0 Å². The van der Waals surface area contributed by atoms with E-state index in [1.165, 1.54) is 18.4 Å². The Labute approximate surface area is 117 Å². The molecule has 0 fully saturated rings. The fraction of sp³-hybridized carbons (Fsp3) is 0.625. The van der Waals surface area contributed by atoms with Gasteiger partial charge >= 0.3 is 0 Å².